The maximum Gasteiger partial charge on any atom is 0.325 e. The van der Waals surface area contributed by atoms with Gasteiger partial charge >= 0.3 is 6.03 Å². The molecule has 1 aromatic carbocycles. The van der Waals surface area contributed by atoms with Gasteiger partial charge < -0.3 is 15.4 Å². The zero-order valence-corrected chi connectivity index (χ0v) is 14.6. The molecule has 1 saturated heterocycles. The molecule has 2 N–H and O–H groups in total. The molecular formula is C17H19N5O4. The van der Waals surface area contributed by atoms with E-state index in [9.17, 15) is 14.4 Å². The topological polar surface area (TPSA) is 106 Å². The van der Waals surface area contributed by atoms with E-state index in [1.54, 1.807) is 51.5 Å². The van der Waals surface area contributed by atoms with Gasteiger partial charge in [-0.25, -0.2) is 4.79 Å². The Morgan fingerprint density at radius 3 is 2.58 bits per heavy atom. The van der Waals surface area contributed by atoms with E-state index in [2.05, 4.69) is 15.7 Å². The van der Waals surface area contributed by atoms with Crippen molar-refractivity contribution in [2.75, 3.05) is 19.0 Å². The smallest absolute Gasteiger partial charge is 0.325 e. The van der Waals surface area contributed by atoms with Gasteiger partial charge in [0.2, 0.25) is 5.91 Å². The number of nitrogens with zero attached hydrogens (tertiary/aromatic N) is 3. The SMILES string of the molecule is COc1ccc([C@]2(C)NC(=O)N(CC(=O)Nc3cnn(C)c3)C2=O)cc1. The number of aryl methyl sites for hydroxylation is 1. The summed E-state index contributed by atoms with van der Waals surface area (Å²) in [6, 6.07) is 6.21. The van der Waals surface area contributed by atoms with Crippen molar-refractivity contribution in [2.45, 2.75) is 12.5 Å². The summed E-state index contributed by atoms with van der Waals surface area (Å²) in [6.45, 7) is 1.22. The van der Waals surface area contributed by atoms with E-state index < -0.39 is 23.4 Å². The van der Waals surface area contributed by atoms with Crippen LogP contribution in [0.5, 0.6) is 5.75 Å². The Morgan fingerprint density at radius 1 is 1.31 bits per heavy atom. The molecule has 1 aliphatic heterocycles. The fraction of sp³-hybridized carbons (Fsp3) is 0.294. The molecule has 0 unspecified atom stereocenters. The van der Waals surface area contributed by atoms with Gasteiger partial charge in [0.25, 0.3) is 5.91 Å². The van der Waals surface area contributed by atoms with Crippen molar-refractivity contribution < 1.29 is 19.1 Å². The summed E-state index contributed by atoms with van der Waals surface area (Å²) in [4.78, 5) is 38.1. The van der Waals surface area contributed by atoms with Crippen LogP contribution in [0.1, 0.15) is 12.5 Å². The number of imide groups is 1. The normalized spacial score (nSPS) is 19.4. The van der Waals surface area contributed by atoms with Crippen molar-refractivity contribution in [2.24, 2.45) is 7.05 Å². The lowest BCUT2D eigenvalue weighted by Gasteiger charge is -2.22. The second kappa shape index (κ2) is 6.51. The van der Waals surface area contributed by atoms with Crippen LogP contribution >= 0.6 is 0 Å². The minimum atomic E-state index is -1.24. The fourth-order valence-corrected chi connectivity index (χ4v) is 2.79. The Balaban J connectivity index is 1.74. The highest BCUT2D eigenvalue weighted by atomic mass is 16.5. The molecule has 9 heteroatoms. The summed E-state index contributed by atoms with van der Waals surface area (Å²) in [5.41, 5.74) is -0.146. The molecule has 1 aliphatic rings. The van der Waals surface area contributed by atoms with Gasteiger partial charge in [0.1, 0.15) is 17.8 Å². The number of benzene rings is 1. The van der Waals surface area contributed by atoms with E-state index in [4.69, 9.17) is 4.74 Å². The third-order valence-corrected chi connectivity index (χ3v) is 4.23. The Kier molecular flexibility index (Phi) is 4.37. The number of carbonyl (C=O) groups is 3. The molecule has 0 radical (unpaired) electrons. The summed E-state index contributed by atoms with van der Waals surface area (Å²) >= 11 is 0. The molecule has 4 amide bonds. The van der Waals surface area contributed by atoms with Crippen LogP contribution in [-0.4, -0.2) is 46.2 Å². The molecule has 0 spiro atoms. The molecular weight excluding hydrogens is 338 g/mol. The molecule has 1 fully saturated rings. The summed E-state index contributed by atoms with van der Waals surface area (Å²) in [5.74, 6) is -0.337. The first-order valence-corrected chi connectivity index (χ1v) is 7.90. The first-order valence-electron chi connectivity index (χ1n) is 7.90. The molecule has 1 aromatic heterocycles. The third kappa shape index (κ3) is 3.10. The number of aromatic nitrogens is 2. The molecule has 0 saturated carbocycles. The molecule has 9 nitrogen and oxygen atoms in total. The molecule has 2 aromatic rings. The van der Waals surface area contributed by atoms with E-state index >= 15 is 0 Å². The summed E-state index contributed by atoms with van der Waals surface area (Å²) in [5, 5.41) is 9.20. The highest BCUT2D eigenvalue weighted by molar-refractivity contribution is 6.10. The van der Waals surface area contributed by atoms with Crippen LogP contribution in [0.2, 0.25) is 0 Å². The lowest BCUT2D eigenvalue weighted by Crippen LogP contribution is -2.42. The maximum absolute atomic E-state index is 12.8. The van der Waals surface area contributed by atoms with Gasteiger partial charge in [-0.1, -0.05) is 12.1 Å². The number of ether oxygens (including phenoxy) is 1. The summed E-state index contributed by atoms with van der Waals surface area (Å²) in [7, 11) is 3.26. The number of amides is 4. The predicted octanol–water partition coefficient (Wildman–Crippen LogP) is 0.834. The minimum absolute atomic E-state index is 0.384. The van der Waals surface area contributed by atoms with Crippen LogP contribution in [-0.2, 0) is 22.2 Å². The van der Waals surface area contributed by atoms with Crippen molar-refractivity contribution in [3.63, 3.8) is 0 Å². The highest BCUT2D eigenvalue weighted by Gasteiger charge is 2.49. The number of hydrogen-bond donors (Lipinski definition) is 2. The Bertz CT molecular complexity index is 860. The zero-order chi connectivity index (χ0) is 18.9. The highest BCUT2D eigenvalue weighted by Crippen LogP contribution is 2.29. The number of methoxy groups -OCH3 is 1. The summed E-state index contributed by atoms with van der Waals surface area (Å²) in [6.07, 6.45) is 3.09. The first kappa shape index (κ1) is 17.5. The molecule has 1 atom stereocenters. The number of rotatable bonds is 5. The van der Waals surface area contributed by atoms with Gasteiger partial charge in [-0.2, -0.15) is 5.10 Å². The van der Waals surface area contributed by atoms with Gasteiger partial charge in [0.15, 0.2) is 0 Å². The summed E-state index contributed by atoms with van der Waals surface area (Å²) < 4.78 is 6.63. The standard InChI is InChI=1S/C17H19N5O4/c1-17(11-4-6-13(26-3)7-5-11)15(24)22(16(25)20-17)10-14(23)19-12-8-18-21(2)9-12/h4-9H,10H2,1-3H3,(H,19,23)(H,20,25)/t17-/m0/s1. The average Bonchev–Trinajstić information content (AvgIpc) is 3.11. The number of carbonyl (C=O) groups excluding carboxylic acids is 3. The lowest BCUT2D eigenvalue weighted by atomic mass is 9.92. The van der Waals surface area contributed by atoms with Crippen molar-refractivity contribution in [1.82, 2.24) is 20.0 Å². The van der Waals surface area contributed by atoms with Crippen LogP contribution in [0, 0.1) is 0 Å². The largest absolute Gasteiger partial charge is 0.497 e. The van der Waals surface area contributed by atoms with E-state index in [-0.39, 0.29) is 6.54 Å². The third-order valence-electron chi connectivity index (χ3n) is 4.23. The van der Waals surface area contributed by atoms with E-state index in [0.29, 0.717) is 17.0 Å². The van der Waals surface area contributed by atoms with Crippen LogP contribution in [0.4, 0.5) is 10.5 Å². The van der Waals surface area contributed by atoms with E-state index in [1.807, 2.05) is 0 Å². The molecule has 136 valence electrons. The molecule has 0 bridgehead atoms. The fourth-order valence-electron chi connectivity index (χ4n) is 2.79. The monoisotopic (exact) mass is 357 g/mol. The number of anilines is 1. The van der Waals surface area contributed by atoms with Crippen LogP contribution in [0.25, 0.3) is 0 Å². The average molecular weight is 357 g/mol. The molecule has 2 heterocycles. The van der Waals surface area contributed by atoms with Gasteiger partial charge in [-0.05, 0) is 24.6 Å². The van der Waals surface area contributed by atoms with Crippen molar-refractivity contribution >= 4 is 23.5 Å². The van der Waals surface area contributed by atoms with E-state index in [1.165, 1.54) is 10.9 Å². The van der Waals surface area contributed by atoms with Crippen LogP contribution in [0.3, 0.4) is 0 Å². The van der Waals surface area contributed by atoms with Gasteiger partial charge in [-0.15, -0.1) is 0 Å². The Labute approximate surface area is 149 Å². The quantitative estimate of drug-likeness (QED) is 0.771. The molecule has 26 heavy (non-hydrogen) atoms. The van der Waals surface area contributed by atoms with Gasteiger partial charge in [0, 0.05) is 13.2 Å². The minimum Gasteiger partial charge on any atom is -0.497 e. The number of urea groups is 1. The second-order valence-electron chi connectivity index (χ2n) is 6.13. The predicted molar refractivity (Wildman–Crippen MR) is 92.4 cm³/mol. The Morgan fingerprint density at radius 2 is 2.00 bits per heavy atom. The molecule has 3 rings (SSSR count). The first-order chi connectivity index (χ1) is 12.3. The number of nitrogens with one attached hydrogen (secondary N) is 2. The van der Waals surface area contributed by atoms with Crippen molar-refractivity contribution in [1.29, 1.82) is 0 Å². The van der Waals surface area contributed by atoms with Gasteiger partial charge in [-0.3, -0.25) is 19.2 Å². The molecule has 0 aliphatic carbocycles. The van der Waals surface area contributed by atoms with E-state index in [0.717, 1.165) is 4.90 Å². The Hall–Kier alpha value is -3.36. The van der Waals surface area contributed by atoms with Gasteiger partial charge in [0.05, 0.1) is 19.0 Å². The number of hydrogen-bond acceptors (Lipinski definition) is 5. The van der Waals surface area contributed by atoms with Crippen LogP contribution in [0.15, 0.2) is 36.7 Å². The zero-order valence-electron chi connectivity index (χ0n) is 14.6. The lowest BCUT2D eigenvalue weighted by molar-refractivity contribution is -0.133. The van der Waals surface area contributed by atoms with Crippen molar-refractivity contribution in [3.8, 4) is 5.75 Å². The second-order valence-corrected chi connectivity index (χ2v) is 6.13. The van der Waals surface area contributed by atoms with Crippen molar-refractivity contribution in [3.05, 3.63) is 42.2 Å². The maximum atomic E-state index is 12.8. The van der Waals surface area contributed by atoms with Crippen LogP contribution < -0.4 is 15.4 Å².